The van der Waals surface area contributed by atoms with Gasteiger partial charge in [-0.1, -0.05) is 18.2 Å². The maximum Gasteiger partial charge on any atom is 0.143 e. The van der Waals surface area contributed by atoms with Crippen LogP contribution in [-0.4, -0.2) is 25.2 Å². The second kappa shape index (κ2) is 6.08. The topological polar surface area (TPSA) is 65.7 Å². The lowest BCUT2D eigenvalue weighted by molar-refractivity contribution is 0.307. The van der Waals surface area contributed by atoms with Gasteiger partial charge in [-0.15, -0.1) is 5.10 Å². The number of fused-ring (bicyclic) bond motifs is 1. The number of para-hydroxylation sites is 1. The number of tetrazole rings is 1. The Balaban J connectivity index is 1.55. The molecule has 4 aromatic rings. The third-order valence-electron chi connectivity index (χ3n) is 3.77. The summed E-state index contributed by atoms with van der Waals surface area (Å²) in [7, 11) is 0. The zero-order valence-corrected chi connectivity index (χ0v) is 13.1. The average Bonchev–Trinajstić information content (AvgIpc) is 3.14. The van der Waals surface area contributed by atoms with E-state index < -0.39 is 0 Å². The van der Waals surface area contributed by atoms with Gasteiger partial charge in [-0.25, -0.2) is 4.68 Å². The minimum atomic E-state index is 0.494. The van der Waals surface area contributed by atoms with E-state index in [1.54, 1.807) is 11.0 Å². The Morgan fingerprint density at radius 1 is 1.04 bits per heavy atom. The van der Waals surface area contributed by atoms with Crippen LogP contribution in [0.3, 0.4) is 0 Å². The van der Waals surface area contributed by atoms with Crippen molar-refractivity contribution in [1.29, 1.82) is 0 Å². The lowest BCUT2D eigenvalue weighted by Crippen LogP contribution is -1.99. The smallest absolute Gasteiger partial charge is 0.143 e. The van der Waals surface area contributed by atoms with Crippen molar-refractivity contribution in [3.63, 3.8) is 0 Å². The second-order valence-electron chi connectivity index (χ2n) is 5.48. The molecule has 0 unspecified atom stereocenters. The molecule has 0 radical (unpaired) electrons. The largest absolute Gasteiger partial charge is 0.489 e. The molecule has 0 aliphatic carbocycles. The summed E-state index contributed by atoms with van der Waals surface area (Å²) in [6, 6.07) is 17.8. The predicted molar refractivity (Wildman–Crippen MR) is 90.0 cm³/mol. The molecule has 0 saturated carbocycles. The van der Waals surface area contributed by atoms with Gasteiger partial charge in [0.1, 0.15) is 18.7 Å². The molecule has 6 nitrogen and oxygen atoms in total. The number of aryl methyl sites for hydroxylation is 1. The summed E-state index contributed by atoms with van der Waals surface area (Å²) in [4.78, 5) is 4.55. The van der Waals surface area contributed by atoms with E-state index in [0.717, 1.165) is 33.6 Å². The Labute approximate surface area is 138 Å². The third kappa shape index (κ3) is 2.81. The molecular weight excluding hydrogens is 302 g/mol. The van der Waals surface area contributed by atoms with E-state index in [-0.39, 0.29) is 0 Å². The van der Waals surface area contributed by atoms with Crippen molar-refractivity contribution in [3.05, 3.63) is 72.2 Å². The number of ether oxygens (including phenoxy) is 1. The fraction of sp³-hybridized carbons (Fsp3) is 0.111. The molecule has 6 heteroatoms. The van der Waals surface area contributed by atoms with E-state index in [1.807, 2.05) is 49.4 Å². The monoisotopic (exact) mass is 317 g/mol. The van der Waals surface area contributed by atoms with Gasteiger partial charge >= 0.3 is 0 Å². The Bertz CT molecular complexity index is 965. The molecule has 0 N–H and O–H groups in total. The van der Waals surface area contributed by atoms with Gasteiger partial charge in [0.05, 0.1) is 11.2 Å². The molecule has 2 aromatic heterocycles. The van der Waals surface area contributed by atoms with Crippen molar-refractivity contribution in [1.82, 2.24) is 25.2 Å². The molecule has 0 fully saturated rings. The lowest BCUT2D eigenvalue weighted by atomic mass is 10.1. The first-order valence-corrected chi connectivity index (χ1v) is 7.61. The number of aromatic nitrogens is 5. The fourth-order valence-electron chi connectivity index (χ4n) is 2.65. The van der Waals surface area contributed by atoms with Crippen molar-refractivity contribution in [2.75, 3.05) is 0 Å². The minimum Gasteiger partial charge on any atom is -0.489 e. The van der Waals surface area contributed by atoms with E-state index in [4.69, 9.17) is 4.74 Å². The fourth-order valence-corrected chi connectivity index (χ4v) is 2.65. The number of hydrogen-bond acceptors (Lipinski definition) is 5. The molecule has 0 aliphatic heterocycles. The number of nitrogens with zero attached hydrogens (tertiary/aromatic N) is 5. The van der Waals surface area contributed by atoms with Crippen LogP contribution in [0.2, 0.25) is 0 Å². The van der Waals surface area contributed by atoms with Gasteiger partial charge < -0.3 is 4.74 Å². The quantitative estimate of drug-likeness (QED) is 0.578. The Morgan fingerprint density at radius 2 is 1.88 bits per heavy atom. The standard InChI is InChI=1S/C18H15N5O/c1-13-10-14(17-4-2-3-5-18(17)20-13)11-24-16-8-6-15(7-9-16)23-12-19-21-22-23/h2-10,12H,11H2,1H3. The summed E-state index contributed by atoms with van der Waals surface area (Å²) in [5, 5.41) is 12.2. The van der Waals surface area contributed by atoms with Gasteiger partial charge in [0.25, 0.3) is 0 Å². The van der Waals surface area contributed by atoms with Crippen LogP contribution in [0.15, 0.2) is 60.9 Å². The highest BCUT2D eigenvalue weighted by molar-refractivity contribution is 5.82. The van der Waals surface area contributed by atoms with Gasteiger partial charge in [0, 0.05) is 16.6 Å². The van der Waals surface area contributed by atoms with Gasteiger partial charge in [-0.05, 0) is 53.7 Å². The van der Waals surface area contributed by atoms with Crippen LogP contribution in [0.5, 0.6) is 5.75 Å². The lowest BCUT2D eigenvalue weighted by Gasteiger charge is -2.10. The predicted octanol–water partition coefficient (Wildman–Crippen LogP) is 3.10. The highest BCUT2D eigenvalue weighted by atomic mass is 16.5. The molecule has 4 rings (SSSR count). The number of rotatable bonds is 4. The molecule has 2 heterocycles. The maximum absolute atomic E-state index is 5.94. The van der Waals surface area contributed by atoms with Crippen LogP contribution in [0.25, 0.3) is 16.6 Å². The van der Waals surface area contributed by atoms with E-state index in [9.17, 15) is 0 Å². The van der Waals surface area contributed by atoms with Gasteiger partial charge in [-0.3, -0.25) is 4.98 Å². The van der Waals surface area contributed by atoms with Crippen LogP contribution >= 0.6 is 0 Å². The van der Waals surface area contributed by atoms with Crippen molar-refractivity contribution < 1.29 is 4.74 Å². The van der Waals surface area contributed by atoms with E-state index in [0.29, 0.717) is 6.61 Å². The molecule has 0 saturated heterocycles. The first-order valence-electron chi connectivity index (χ1n) is 7.61. The highest BCUT2D eigenvalue weighted by Crippen LogP contribution is 2.21. The zero-order chi connectivity index (χ0) is 16.4. The summed E-state index contributed by atoms with van der Waals surface area (Å²) < 4.78 is 7.54. The molecular formula is C18H15N5O. The molecule has 2 aromatic carbocycles. The molecule has 0 aliphatic rings. The summed E-state index contributed by atoms with van der Waals surface area (Å²) >= 11 is 0. The number of hydrogen-bond donors (Lipinski definition) is 0. The van der Waals surface area contributed by atoms with E-state index in [1.165, 1.54) is 0 Å². The van der Waals surface area contributed by atoms with Crippen LogP contribution in [0.1, 0.15) is 11.3 Å². The SMILES string of the molecule is Cc1cc(COc2ccc(-n3cnnn3)cc2)c2ccccc2n1. The Hall–Kier alpha value is -3.28. The van der Waals surface area contributed by atoms with Crippen LogP contribution in [0.4, 0.5) is 0 Å². The maximum atomic E-state index is 5.94. The first kappa shape index (κ1) is 14.3. The molecule has 24 heavy (non-hydrogen) atoms. The van der Waals surface area contributed by atoms with Crippen LogP contribution < -0.4 is 4.74 Å². The van der Waals surface area contributed by atoms with Crippen LogP contribution in [0, 0.1) is 6.92 Å². The summed E-state index contributed by atoms with van der Waals surface area (Å²) in [6.45, 7) is 2.49. The Kier molecular flexibility index (Phi) is 3.63. The van der Waals surface area contributed by atoms with Crippen molar-refractivity contribution in [3.8, 4) is 11.4 Å². The minimum absolute atomic E-state index is 0.494. The van der Waals surface area contributed by atoms with Crippen molar-refractivity contribution in [2.24, 2.45) is 0 Å². The first-order chi connectivity index (χ1) is 11.8. The molecule has 118 valence electrons. The summed E-state index contributed by atoms with van der Waals surface area (Å²) in [6.07, 6.45) is 1.56. The average molecular weight is 317 g/mol. The molecule has 0 amide bonds. The summed E-state index contributed by atoms with van der Waals surface area (Å²) in [5.41, 5.74) is 3.99. The molecule has 0 atom stereocenters. The van der Waals surface area contributed by atoms with Gasteiger partial charge in [-0.2, -0.15) is 0 Å². The number of pyridine rings is 1. The van der Waals surface area contributed by atoms with Crippen LogP contribution in [-0.2, 0) is 6.61 Å². The van der Waals surface area contributed by atoms with Gasteiger partial charge in [0.2, 0.25) is 0 Å². The van der Waals surface area contributed by atoms with Gasteiger partial charge in [0.15, 0.2) is 0 Å². The third-order valence-corrected chi connectivity index (χ3v) is 3.77. The summed E-state index contributed by atoms with van der Waals surface area (Å²) in [5.74, 6) is 0.797. The van der Waals surface area contributed by atoms with Crippen molar-refractivity contribution in [2.45, 2.75) is 13.5 Å². The number of benzene rings is 2. The zero-order valence-electron chi connectivity index (χ0n) is 13.1. The van der Waals surface area contributed by atoms with Crippen molar-refractivity contribution >= 4 is 10.9 Å². The Morgan fingerprint density at radius 3 is 2.67 bits per heavy atom. The molecule has 0 spiro atoms. The van der Waals surface area contributed by atoms with E-state index >= 15 is 0 Å². The van der Waals surface area contributed by atoms with E-state index in [2.05, 4.69) is 32.6 Å². The second-order valence-corrected chi connectivity index (χ2v) is 5.48. The highest BCUT2D eigenvalue weighted by Gasteiger charge is 2.05. The molecule has 0 bridgehead atoms. The normalized spacial score (nSPS) is 10.9.